The highest BCUT2D eigenvalue weighted by atomic mass is 35.5. The number of amides is 6. The van der Waals surface area contributed by atoms with Gasteiger partial charge in [0.2, 0.25) is 35.4 Å². The largest absolute Gasteiger partial charge is 0.497 e. The number of hydrogen-bond acceptors (Lipinski definition) is 9. The molecule has 1 aliphatic carbocycles. The van der Waals surface area contributed by atoms with Gasteiger partial charge in [0.1, 0.15) is 42.0 Å². The number of carbonyl (C=O) groups is 6. The molecule has 0 radical (unpaired) electrons. The number of benzene rings is 2. The summed E-state index contributed by atoms with van der Waals surface area (Å²) in [5, 5.41) is 10.9. The molecule has 4 N–H and O–H groups in total. The van der Waals surface area contributed by atoms with E-state index < -0.39 is 71.7 Å². The molecule has 56 heavy (non-hydrogen) atoms. The lowest BCUT2D eigenvalue weighted by molar-refractivity contribution is -0.145. The Labute approximate surface area is 329 Å². The minimum absolute atomic E-state index is 0.0557. The molecule has 16 heteroatoms. The van der Waals surface area contributed by atoms with Gasteiger partial charge >= 0.3 is 0 Å². The summed E-state index contributed by atoms with van der Waals surface area (Å²) in [4.78, 5) is 86.0. The summed E-state index contributed by atoms with van der Waals surface area (Å²) >= 11 is 6.65. The maximum absolute atomic E-state index is 14.3. The highest BCUT2D eigenvalue weighted by Crippen LogP contribution is 2.35. The first-order chi connectivity index (χ1) is 26.6. The van der Waals surface area contributed by atoms with Crippen molar-refractivity contribution < 1.29 is 43.0 Å². The van der Waals surface area contributed by atoms with Crippen molar-refractivity contribution in [3.05, 3.63) is 87.5 Å². The highest BCUT2D eigenvalue weighted by molar-refractivity contribution is 6.31. The van der Waals surface area contributed by atoms with E-state index in [4.69, 9.17) is 25.8 Å². The molecule has 0 saturated carbocycles. The molecule has 1 fully saturated rings. The predicted molar refractivity (Wildman–Crippen MR) is 205 cm³/mol. The van der Waals surface area contributed by atoms with Gasteiger partial charge in [-0.25, -0.2) is 0 Å². The van der Waals surface area contributed by atoms with Gasteiger partial charge in [-0.05, 0) is 68.0 Å². The van der Waals surface area contributed by atoms with Crippen LogP contribution < -0.4 is 35.5 Å². The Morgan fingerprint density at radius 2 is 1.39 bits per heavy atom. The molecule has 6 atom stereocenters. The fourth-order valence-corrected chi connectivity index (χ4v) is 6.67. The van der Waals surface area contributed by atoms with Crippen molar-refractivity contribution in [2.45, 2.75) is 76.3 Å². The van der Waals surface area contributed by atoms with Crippen LogP contribution in [0.1, 0.15) is 38.3 Å². The Morgan fingerprint density at radius 3 is 2.02 bits per heavy atom. The van der Waals surface area contributed by atoms with Gasteiger partial charge in [-0.1, -0.05) is 29.5 Å². The smallest absolute Gasteiger partial charge is 0.245 e. The van der Waals surface area contributed by atoms with Crippen molar-refractivity contribution in [2.24, 2.45) is 0 Å². The van der Waals surface area contributed by atoms with E-state index in [1.54, 1.807) is 42.5 Å². The predicted octanol–water partition coefficient (Wildman–Crippen LogP) is 1.73. The van der Waals surface area contributed by atoms with Gasteiger partial charge in [0.25, 0.3) is 0 Å². The molecule has 6 amide bonds. The molecule has 2 aromatic rings. The lowest BCUT2D eigenvalue weighted by Crippen LogP contribution is -2.61. The van der Waals surface area contributed by atoms with Crippen molar-refractivity contribution in [1.29, 1.82) is 0 Å². The number of rotatable bonds is 4. The number of nitrogens with one attached hydrogen (secondary N) is 4. The molecule has 15 nitrogen and oxygen atoms in total. The molecule has 0 spiro atoms. The number of halogens is 1. The standard InChI is InChI=1S/C40H45ClN6O9/c1-21-35(48)43-22(2)39(52)46(4)31(16-24-8-12-27(54-6)13-9-24)37(50)44-23(3)40(53)47(5)32-17-25-10-14-28(15-11-25)56-34-19-26(29(41)20-33(34)55-7)18-30(36(49)42-21)45-38(32)51/h8-10,12-14,19-23,30-32H,16-18H2,1-7H3,(H,42,49)(H,43,48)(H,44,50)(H,45,51). The monoisotopic (exact) mass is 788 g/mol. The molecule has 0 aromatic heterocycles. The number of hydrogen-bond donors (Lipinski definition) is 4. The maximum Gasteiger partial charge on any atom is 0.245 e. The first-order valence-corrected chi connectivity index (χ1v) is 18.3. The van der Waals surface area contributed by atoms with Crippen LogP contribution in [0.2, 0.25) is 5.02 Å². The molecule has 6 unspecified atom stereocenters. The third kappa shape index (κ3) is 9.43. The molecule has 3 aliphatic heterocycles. The Hall–Kier alpha value is -6.01. The van der Waals surface area contributed by atoms with Gasteiger partial charge in [-0.15, -0.1) is 0 Å². The summed E-state index contributed by atoms with van der Waals surface area (Å²) in [6, 6.07) is 2.87. The molecular weight excluding hydrogens is 744 g/mol. The normalized spacial score (nSPS) is 25.1. The third-order valence-corrected chi connectivity index (χ3v) is 10.2. The summed E-state index contributed by atoms with van der Waals surface area (Å²) in [5.74, 6) is -2.57. The second-order valence-corrected chi connectivity index (χ2v) is 14.2. The molecule has 6 bridgehead atoms. The number of methoxy groups -OCH3 is 2. The van der Waals surface area contributed by atoms with Crippen molar-refractivity contribution in [1.82, 2.24) is 31.1 Å². The van der Waals surface area contributed by atoms with Crippen LogP contribution in [-0.2, 0) is 41.6 Å². The number of ether oxygens (including phenoxy) is 3. The van der Waals surface area contributed by atoms with Crippen LogP contribution in [0.3, 0.4) is 0 Å². The first-order valence-electron chi connectivity index (χ1n) is 17.9. The Balaban J connectivity index is 1.57. The van der Waals surface area contributed by atoms with Crippen LogP contribution in [-0.4, -0.2) is 110 Å². The van der Waals surface area contributed by atoms with Crippen LogP contribution in [0, 0.1) is 0 Å². The van der Waals surface area contributed by atoms with E-state index in [1.807, 2.05) is 0 Å². The van der Waals surface area contributed by atoms with E-state index in [0.717, 1.165) is 0 Å². The molecule has 296 valence electrons. The Bertz CT molecular complexity index is 2050. The molecule has 3 heterocycles. The summed E-state index contributed by atoms with van der Waals surface area (Å²) in [5.41, 5.74) is 7.48. The topological polar surface area (TPSA) is 185 Å². The summed E-state index contributed by atoms with van der Waals surface area (Å²) in [6.07, 6.45) is 3.11. The van der Waals surface area contributed by atoms with Crippen molar-refractivity contribution in [3.8, 4) is 17.2 Å². The van der Waals surface area contributed by atoms with Gasteiger partial charge in [0.05, 0.1) is 14.2 Å². The number of nitrogens with zero attached hydrogens (tertiary/aromatic N) is 2. The van der Waals surface area contributed by atoms with Gasteiger partial charge in [0.15, 0.2) is 17.3 Å². The fraction of sp³-hybridized carbons (Fsp3) is 0.400. The second kappa shape index (κ2) is 17.6. The minimum Gasteiger partial charge on any atom is -0.497 e. The van der Waals surface area contributed by atoms with Crippen LogP contribution in [0.5, 0.6) is 17.2 Å². The molecular formula is C40H45ClN6O9. The molecule has 1 saturated heterocycles. The average molecular weight is 789 g/mol. The highest BCUT2D eigenvalue weighted by Gasteiger charge is 2.37. The Kier molecular flexibility index (Phi) is 13.0. The summed E-state index contributed by atoms with van der Waals surface area (Å²) < 4.78 is 16.8. The van der Waals surface area contributed by atoms with Crippen LogP contribution in [0.25, 0.3) is 0 Å². The van der Waals surface area contributed by atoms with Gasteiger partial charge in [0, 0.05) is 50.0 Å². The zero-order valence-corrected chi connectivity index (χ0v) is 32.9. The maximum atomic E-state index is 14.3. The van der Waals surface area contributed by atoms with Gasteiger partial charge in [-0.2, -0.15) is 0 Å². The zero-order chi connectivity index (χ0) is 40.8. The number of likely N-dealkylation sites (N-methyl/N-ethyl adjacent to an activating group) is 2. The molecule has 2 aromatic carbocycles. The fourth-order valence-electron chi connectivity index (χ4n) is 6.44. The van der Waals surface area contributed by atoms with E-state index in [0.29, 0.717) is 28.2 Å². The summed E-state index contributed by atoms with van der Waals surface area (Å²) in [6.45, 7) is 4.35. The number of carbonyl (C=O) groups excluding carboxylic acids is 6. The van der Waals surface area contributed by atoms with E-state index in [9.17, 15) is 28.8 Å². The van der Waals surface area contributed by atoms with Crippen molar-refractivity contribution in [3.63, 3.8) is 0 Å². The minimum atomic E-state index is -1.32. The van der Waals surface area contributed by atoms with Gasteiger partial charge in [-0.3, -0.25) is 28.8 Å². The van der Waals surface area contributed by atoms with Gasteiger partial charge < -0.3 is 45.3 Å². The van der Waals surface area contributed by atoms with Crippen LogP contribution >= 0.6 is 11.6 Å². The Morgan fingerprint density at radius 1 is 0.750 bits per heavy atom. The summed E-state index contributed by atoms with van der Waals surface area (Å²) in [7, 11) is 5.81. The first kappa shape index (κ1) is 41.2. The van der Waals surface area contributed by atoms with Crippen molar-refractivity contribution >= 4 is 47.0 Å². The van der Waals surface area contributed by atoms with Crippen LogP contribution in [0.4, 0.5) is 0 Å². The quantitative estimate of drug-likeness (QED) is 0.335. The van der Waals surface area contributed by atoms with E-state index >= 15 is 0 Å². The van der Waals surface area contributed by atoms with E-state index in [-0.39, 0.29) is 35.8 Å². The lowest BCUT2D eigenvalue weighted by Gasteiger charge is -2.34. The average Bonchev–Trinajstić information content (AvgIpc) is 3.18. The van der Waals surface area contributed by atoms with Crippen LogP contribution in [0.15, 0.2) is 71.3 Å². The van der Waals surface area contributed by atoms with E-state index in [2.05, 4.69) is 32.7 Å². The zero-order valence-electron chi connectivity index (χ0n) is 32.2. The second-order valence-electron chi connectivity index (χ2n) is 13.8. The molecule has 4 aliphatic rings. The van der Waals surface area contributed by atoms with Crippen molar-refractivity contribution in [2.75, 3.05) is 28.3 Å². The SMILES string of the molecule is COc1ccc(CC2C(=O)NC(C)C(=O)N(C)C3CC4=C=C=C(C=C4)Oc4cc(c(Cl)cc4OC)CC(NC3=O)C(=O)NC(C)C(=O)NC(C)C(=O)N2C)cc1. The number of allylic oxidation sites excluding steroid dienone is 2. The molecule has 6 rings (SSSR count). The van der Waals surface area contributed by atoms with E-state index in [1.165, 1.54) is 65.0 Å². The lowest BCUT2D eigenvalue weighted by atomic mass is 9.99. The third-order valence-electron chi connectivity index (χ3n) is 9.84.